The lowest BCUT2D eigenvalue weighted by Gasteiger charge is -2.41. The summed E-state index contributed by atoms with van der Waals surface area (Å²) >= 11 is 1.57. The summed E-state index contributed by atoms with van der Waals surface area (Å²) in [5.74, 6) is -1.38. The van der Waals surface area contributed by atoms with Crippen molar-refractivity contribution in [1.82, 2.24) is 4.90 Å². The number of likely N-dealkylation sites (tertiary alicyclic amines) is 1. The first-order valence-corrected chi connectivity index (χ1v) is 17.2. The van der Waals surface area contributed by atoms with E-state index in [-0.39, 0.29) is 30.2 Å². The monoisotopic (exact) mass is 643 g/mol. The molecule has 4 aliphatic heterocycles. The Morgan fingerprint density at radius 3 is 2.30 bits per heavy atom. The van der Waals surface area contributed by atoms with E-state index in [1.165, 1.54) is 0 Å². The molecule has 3 amide bonds. The number of aliphatic hydroxyl groups is 1. The summed E-state index contributed by atoms with van der Waals surface area (Å²) in [6, 6.07) is 12.1. The van der Waals surface area contributed by atoms with Crippen LogP contribution in [0.15, 0.2) is 66.8 Å². The molecule has 6 rings (SSSR count). The SMILES string of the molecule is CCOc1ccc(N2CC=C[C@@]3(C)S[C@]45C=CCN(c6cc(C)ccc6C)C(=O)C4N([C@@H](CO)[C@@H](C)CC)C(=O)[C@@H]5[C@H]3C2=O)cc1. The van der Waals surface area contributed by atoms with E-state index in [4.69, 9.17) is 4.74 Å². The van der Waals surface area contributed by atoms with E-state index >= 15 is 4.79 Å². The number of thioether (sulfide) groups is 1. The molecule has 8 nitrogen and oxygen atoms in total. The summed E-state index contributed by atoms with van der Waals surface area (Å²) in [5.41, 5.74) is 3.55. The average Bonchev–Trinajstić information content (AvgIpc) is 3.30. The van der Waals surface area contributed by atoms with Gasteiger partial charge in [-0.25, -0.2) is 0 Å². The van der Waals surface area contributed by atoms with E-state index in [9.17, 15) is 14.7 Å². The fraction of sp³-hybridized carbons (Fsp3) is 0.486. The van der Waals surface area contributed by atoms with Crippen LogP contribution < -0.4 is 14.5 Å². The van der Waals surface area contributed by atoms with Gasteiger partial charge in [0.25, 0.3) is 5.91 Å². The summed E-state index contributed by atoms with van der Waals surface area (Å²) < 4.78 is 3.90. The van der Waals surface area contributed by atoms with Crippen LogP contribution in [0.3, 0.4) is 0 Å². The second kappa shape index (κ2) is 12.2. The largest absolute Gasteiger partial charge is 0.494 e. The van der Waals surface area contributed by atoms with Gasteiger partial charge in [0.1, 0.15) is 11.8 Å². The summed E-state index contributed by atoms with van der Waals surface area (Å²) in [5, 5.41) is 10.8. The third-order valence-electron chi connectivity index (χ3n) is 10.5. The molecule has 1 unspecified atom stereocenters. The molecule has 2 saturated heterocycles. The Balaban J connectivity index is 1.49. The van der Waals surface area contributed by atoms with E-state index in [0.717, 1.165) is 34.7 Å². The number of aliphatic hydroxyl groups excluding tert-OH is 1. The Morgan fingerprint density at radius 1 is 0.935 bits per heavy atom. The second-order valence-corrected chi connectivity index (χ2v) is 15.1. The number of hydrogen-bond donors (Lipinski definition) is 1. The van der Waals surface area contributed by atoms with Gasteiger partial charge < -0.3 is 24.5 Å². The van der Waals surface area contributed by atoms with Crippen LogP contribution in [0.25, 0.3) is 0 Å². The van der Waals surface area contributed by atoms with Crippen molar-refractivity contribution in [3.05, 3.63) is 77.9 Å². The number of fused-ring (bicyclic) bond motifs is 2. The first kappa shape index (κ1) is 32.4. The highest BCUT2D eigenvalue weighted by Crippen LogP contribution is 2.66. The lowest BCUT2D eigenvalue weighted by Crippen LogP contribution is -2.58. The van der Waals surface area contributed by atoms with Crippen LogP contribution in [0.2, 0.25) is 0 Å². The first-order chi connectivity index (χ1) is 22.0. The Hall–Kier alpha value is -3.56. The molecule has 0 aliphatic carbocycles. The van der Waals surface area contributed by atoms with Gasteiger partial charge in [0.2, 0.25) is 11.8 Å². The Labute approximate surface area is 276 Å². The fourth-order valence-electron chi connectivity index (χ4n) is 7.98. The molecule has 4 aliphatic rings. The van der Waals surface area contributed by atoms with Crippen molar-refractivity contribution in [2.75, 3.05) is 36.1 Å². The number of benzene rings is 2. The molecule has 7 atom stereocenters. The predicted octanol–water partition coefficient (Wildman–Crippen LogP) is 5.30. The maximum absolute atomic E-state index is 15.0. The zero-order chi connectivity index (χ0) is 33.0. The minimum Gasteiger partial charge on any atom is -0.494 e. The van der Waals surface area contributed by atoms with Crippen LogP contribution in [-0.4, -0.2) is 75.6 Å². The molecular formula is C37H45N3O5S. The van der Waals surface area contributed by atoms with Crippen LogP contribution >= 0.6 is 11.8 Å². The van der Waals surface area contributed by atoms with Crippen molar-refractivity contribution in [2.45, 2.75) is 69.5 Å². The van der Waals surface area contributed by atoms with E-state index in [2.05, 4.69) is 6.08 Å². The molecule has 1 N–H and O–H groups in total. The molecule has 0 aromatic heterocycles. The summed E-state index contributed by atoms with van der Waals surface area (Å²) in [7, 11) is 0. The molecule has 244 valence electrons. The lowest BCUT2D eigenvalue weighted by molar-refractivity contribution is -0.143. The number of anilines is 2. The minimum atomic E-state index is -0.997. The van der Waals surface area contributed by atoms with Crippen LogP contribution in [0.5, 0.6) is 5.75 Å². The molecule has 1 spiro atoms. The van der Waals surface area contributed by atoms with Crippen LogP contribution in [0, 0.1) is 31.6 Å². The zero-order valence-electron chi connectivity index (χ0n) is 27.6. The molecule has 2 fully saturated rings. The molecule has 0 bridgehead atoms. The van der Waals surface area contributed by atoms with Crippen molar-refractivity contribution < 1.29 is 24.2 Å². The summed E-state index contributed by atoms with van der Waals surface area (Å²) in [4.78, 5) is 50.0. The number of aryl methyl sites for hydroxylation is 2. The maximum Gasteiger partial charge on any atom is 0.251 e. The van der Waals surface area contributed by atoms with Crippen LogP contribution in [-0.2, 0) is 14.4 Å². The van der Waals surface area contributed by atoms with Gasteiger partial charge in [0.05, 0.1) is 35.8 Å². The molecule has 0 saturated carbocycles. The van der Waals surface area contributed by atoms with Crippen molar-refractivity contribution >= 4 is 40.9 Å². The zero-order valence-corrected chi connectivity index (χ0v) is 28.4. The van der Waals surface area contributed by atoms with E-state index in [1.807, 2.05) is 102 Å². The second-order valence-electron chi connectivity index (χ2n) is 13.3. The summed E-state index contributed by atoms with van der Waals surface area (Å²) in [6.45, 7) is 13.0. The number of ether oxygens (including phenoxy) is 1. The molecule has 2 aromatic carbocycles. The van der Waals surface area contributed by atoms with E-state index in [1.54, 1.807) is 26.5 Å². The van der Waals surface area contributed by atoms with Gasteiger partial charge in [-0.2, -0.15) is 0 Å². The number of rotatable bonds is 8. The van der Waals surface area contributed by atoms with Crippen LogP contribution in [0.1, 0.15) is 45.2 Å². The average molecular weight is 644 g/mol. The van der Waals surface area contributed by atoms with Gasteiger partial charge in [-0.1, -0.05) is 56.7 Å². The molecular weight excluding hydrogens is 598 g/mol. The van der Waals surface area contributed by atoms with Crippen molar-refractivity contribution in [3.63, 3.8) is 0 Å². The minimum absolute atomic E-state index is 0.0551. The Kier molecular flexibility index (Phi) is 8.61. The number of carbonyl (C=O) groups is 3. The van der Waals surface area contributed by atoms with Gasteiger partial charge in [-0.05, 0) is 75.1 Å². The third kappa shape index (κ3) is 4.98. The highest BCUT2D eigenvalue weighted by atomic mass is 32.2. The van der Waals surface area contributed by atoms with Gasteiger partial charge >= 0.3 is 0 Å². The number of hydrogen-bond acceptors (Lipinski definition) is 6. The summed E-state index contributed by atoms with van der Waals surface area (Å²) in [6.07, 6.45) is 8.85. The topological polar surface area (TPSA) is 90.4 Å². The van der Waals surface area contributed by atoms with Gasteiger partial charge in [0, 0.05) is 29.2 Å². The third-order valence-corrected chi connectivity index (χ3v) is 12.3. The molecule has 46 heavy (non-hydrogen) atoms. The lowest BCUT2D eigenvalue weighted by atomic mass is 9.74. The highest BCUT2D eigenvalue weighted by molar-refractivity contribution is 8.02. The standard InChI is InChI=1S/C37H45N3O5S/c1-7-24(4)29(22-41)40-32-35(44)39(28-21-23(3)11-12-25(28)5)20-10-18-37(32)31(34(40)43)30-33(42)38(19-9-17-36(30,6)46-37)26-13-15-27(16-14-26)45-8-2/h9-18,21,24,29-32,41H,7-8,19-20,22H2,1-6H3/t24-,29-,30-,31-,32?,36+,37-/m0/s1. The molecule has 4 heterocycles. The van der Waals surface area contributed by atoms with Gasteiger partial charge in [-0.3, -0.25) is 14.4 Å². The van der Waals surface area contributed by atoms with Crippen molar-refractivity contribution in [1.29, 1.82) is 0 Å². The van der Waals surface area contributed by atoms with Gasteiger partial charge in [-0.15, -0.1) is 11.8 Å². The number of nitrogens with zero attached hydrogens (tertiary/aromatic N) is 3. The quantitative estimate of drug-likeness (QED) is 0.393. The maximum atomic E-state index is 15.0. The first-order valence-electron chi connectivity index (χ1n) is 16.4. The van der Waals surface area contributed by atoms with Crippen molar-refractivity contribution in [3.8, 4) is 5.75 Å². The molecule has 9 heteroatoms. The predicted molar refractivity (Wildman–Crippen MR) is 183 cm³/mol. The normalized spacial score (nSPS) is 30.1. The number of carbonyl (C=O) groups excluding carboxylic acids is 3. The highest BCUT2D eigenvalue weighted by Gasteiger charge is 2.74. The fourth-order valence-corrected chi connectivity index (χ4v) is 10.1. The van der Waals surface area contributed by atoms with E-state index in [0.29, 0.717) is 19.7 Å². The van der Waals surface area contributed by atoms with Crippen LogP contribution in [0.4, 0.5) is 11.4 Å². The van der Waals surface area contributed by atoms with Crippen molar-refractivity contribution in [2.24, 2.45) is 17.8 Å². The smallest absolute Gasteiger partial charge is 0.251 e. The Morgan fingerprint density at radius 2 is 1.63 bits per heavy atom. The molecule has 0 radical (unpaired) electrons. The Bertz CT molecular complexity index is 1590. The number of amides is 3. The van der Waals surface area contributed by atoms with Gasteiger partial charge in [0.15, 0.2) is 0 Å². The van der Waals surface area contributed by atoms with E-state index < -0.39 is 33.4 Å². The molecule has 2 aromatic rings.